The minimum Gasteiger partial charge on any atom is -0.492 e. The zero-order chi connectivity index (χ0) is 13.0. The molecule has 0 aliphatic heterocycles. The largest absolute Gasteiger partial charge is 0.492 e. The number of ketones is 1. The monoisotopic (exact) mass is 248 g/mol. The maximum Gasteiger partial charge on any atom is 0.162 e. The summed E-state index contributed by atoms with van der Waals surface area (Å²) in [6.07, 6.45) is 5.19. The first kappa shape index (κ1) is 12.3. The van der Waals surface area contributed by atoms with Crippen LogP contribution in [0.2, 0.25) is 0 Å². The molecule has 0 saturated heterocycles. The van der Waals surface area contributed by atoms with E-state index in [4.69, 9.17) is 4.74 Å². The SMILES string of the molecule is CC(=O)c1ccc(OCCn2ccnc2)cc1F. The lowest BCUT2D eigenvalue weighted by molar-refractivity contribution is 0.101. The number of carbonyl (C=O) groups excluding carboxylic acids is 1. The molecule has 0 fully saturated rings. The molecule has 1 heterocycles. The van der Waals surface area contributed by atoms with Crippen LogP contribution < -0.4 is 4.74 Å². The van der Waals surface area contributed by atoms with E-state index in [2.05, 4.69) is 4.98 Å². The van der Waals surface area contributed by atoms with Crippen LogP contribution in [0.25, 0.3) is 0 Å². The average Bonchev–Trinajstić information content (AvgIpc) is 2.81. The van der Waals surface area contributed by atoms with Crippen LogP contribution in [0.4, 0.5) is 4.39 Å². The molecule has 0 atom stereocenters. The van der Waals surface area contributed by atoms with Crippen molar-refractivity contribution in [3.05, 3.63) is 48.3 Å². The van der Waals surface area contributed by atoms with Crippen molar-refractivity contribution in [1.82, 2.24) is 9.55 Å². The van der Waals surface area contributed by atoms with Crippen LogP contribution in [0, 0.1) is 5.82 Å². The molecule has 2 aromatic rings. The Morgan fingerprint density at radius 3 is 2.94 bits per heavy atom. The zero-order valence-corrected chi connectivity index (χ0v) is 9.97. The lowest BCUT2D eigenvalue weighted by atomic mass is 10.1. The van der Waals surface area contributed by atoms with Gasteiger partial charge in [-0.05, 0) is 19.1 Å². The predicted molar refractivity (Wildman–Crippen MR) is 64.1 cm³/mol. The van der Waals surface area contributed by atoms with Gasteiger partial charge >= 0.3 is 0 Å². The van der Waals surface area contributed by atoms with Gasteiger partial charge in [0.1, 0.15) is 18.2 Å². The van der Waals surface area contributed by atoms with Gasteiger partial charge in [0.25, 0.3) is 0 Å². The summed E-state index contributed by atoms with van der Waals surface area (Å²) < 4.78 is 20.7. The van der Waals surface area contributed by atoms with E-state index in [9.17, 15) is 9.18 Å². The van der Waals surface area contributed by atoms with Crippen LogP contribution in [0.3, 0.4) is 0 Å². The van der Waals surface area contributed by atoms with Crippen molar-refractivity contribution in [3.8, 4) is 5.75 Å². The number of benzene rings is 1. The number of Topliss-reactive ketones (excluding diaryl/α,β-unsaturated/α-hetero) is 1. The van der Waals surface area contributed by atoms with Crippen molar-refractivity contribution in [2.24, 2.45) is 0 Å². The lowest BCUT2D eigenvalue weighted by Crippen LogP contribution is -2.07. The minimum absolute atomic E-state index is 0.0805. The molecule has 5 heteroatoms. The third-order valence-electron chi connectivity index (χ3n) is 2.50. The van der Waals surface area contributed by atoms with Crippen molar-refractivity contribution in [2.75, 3.05) is 6.61 Å². The Labute approximate surface area is 104 Å². The molecule has 2 rings (SSSR count). The van der Waals surface area contributed by atoms with E-state index < -0.39 is 5.82 Å². The number of aromatic nitrogens is 2. The second kappa shape index (κ2) is 5.44. The molecule has 0 N–H and O–H groups in total. The molecule has 18 heavy (non-hydrogen) atoms. The van der Waals surface area contributed by atoms with Crippen molar-refractivity contribution in [1.29, 1.82) is 0 Å². The summed E-state index contributed by atoms with van der Waals surface area (Å²) in [5, 5.41) is 0. The summed E-state index contributed by atoms with van der Waals surface area (Å²) in [5.41, 5.74) is 0.0805. The fourth-order valence-electron chi connectivity index (χ4n) is 1.56. The maximum absolute atomic E-state index is 13.5. The van der Waals surface area contributed by atoms with Crippen molar-refractivity contribution < 1.29 is 13.9 Å². The molecule has 0 spiro atoms. The van der Waals surface area contributed by atoms with Gasteiger partial charge in [0, 0.05) is 18.5 Å². The summed E-state index contributed by atoms with van der Waals surface area (Å²) in [4.78, 5) is 15.0. The molecule has 0 amide bonds. The smallest absolute Gasteiger partial charge is 0.162 e. The van der Waals surface area contributed by atoms with Crippen LogP contribution in [-0.2, 0) is 6.54 Å². The third-order valence-corrected chi connectivity index (χ3v) is 2.50. The number of hydrogen-bond donors (Lipinski definition) is 0. The molecule has 0 unspecified atom stereocenters. The molecular formula is C13H13FN2O2. The summed E-state index contributed by atoms with van der Waals surface area (Å²) in [5.74, 6) is -0.433. The number of rotatable bonds is 5. The highest BCUT2D eigenvalue weighted by Gasteiger charge is 2.08. The fourth-order valence-corrected chi connectivity index (χ4v) is 1.56. The van der Waals surface area contributed by atoms with Gasteiger partial charge in [-0.25, -0.2) is 9.37 Å². The maximum atomic E-state index is 13.5. The normalized spacial score (nSPS) is 10.3. The van der Waals surface area contributed by atoms with Gasteiger partial charge in [-0.2, -0.15) is 0 Å². The Morgan fingerprint density at radius 1 is 1.50 bits per heavy atom. The quantitative estimate of drug-likeness (QED) is 0.763. The van der Waals surface area contributed by atoms with Gasteiger partial charge in [0.15, 0.2) is 5.78 Å². The van der Waals surface area contributed by atoms with Crippen LogP contribution in [0.15, 0.2) is 36.9 Å². The summed E-state index contributed by atoms with van der Waals surface area (Å²) in [6.45, 7) is 2.38. The van der Waals surface area contributed by atoms with Gasteiger partial charge in [-0.1, -0.05) is 0 Å². The summed E-state index contributed by atoms with van der Waals surface area (Å²) in [7, 11) is 0. The van der Waals surface area contributed by atoms with E-state index in [1.165, 1.54) is 19.1 Å². The highest BCUT2D eigenvalue weighted by molar-refractivity contribution is 5.94. The highest BCUT2D eigenvalue weighted by Crippen LogP contribution is 2.17. The first-order valence-corrected chi connectivity index (χ1v) is 5.56. The number of carbonyl (C=O) groups is 1. The average molecular weight is 248 g/mol. The Morgan fingerprint density at radius 2 is 2.33 bits per heavy atom. The van der Waals surface area contributed by atoms with E-state index in [1.807, 2.05) is 10.8 Å². The summed E-state index contributed by atoms with van der Waals surface area (Å²) >= 11 is 0. The van der Waals surface area contributed by atoms with Crippen molar-refractivity contribution in [2.45, 2.75) is 13.5 Å². The number of hydrogen-bond acceptors (Lipinski definition) is 3. The van der Waals surface area contributed by atoms with Gasteiger partial charge in [-0.3, -0.25) is 4.79 Å². The lowest BCUT2D eigenvalue weighted by Gasteiger charge is -2.07. The Bertz CT molecular complexity index is 538. The van der Waals surface area contributed by atoms with E-state index in [1.54, 1.807) is 18.6 Å². The number of halogens is 1. The Kier molecular flexibility index (Phi) is 3.72. The Hall–Kier alpha value is -2.17. The van der Waals surface area contributed by atoms with E-state index in [-0.39, 0.29) is 11.3 Å². The zero-order valence-electron chi connectivity index (χ0n) is 9.97. The standard InChI is InChI=1S/C13H13FN2O2/c1-10(17)12-3-2-11(8-13(12)14)18-7-6-16-5-4-15-9-16/h2-5,8-9H,6-7H2,1H3. The van der Waals surface area contributed by atoms with E-state index in [0.29, 0.717) is 18.9 Å². The van der Waals surface area contributed by atoms with Crippen molar-refractivity contribution in [3.63, 3.8) is 0 Å². The summed E-state index contributed by atoms with van der Waals surface area (Å²) in [6, 6.07) is 4.25. The molecule has 0 aliphatic rings. The Balaban J connectivity index is 1.94. The van der Waals surface area contributed by atoms with Gasteiger partial charge in [-0.15, -0.1) is 0 Å². The van der Waals surface area contributed by atoms with Gasteiger partial charge in [0.05, 0.1) is 18.4 Å². The molecule has 94 valence electrons. The molecule has 0 radical (unpaired) electrons. The van der Waals surface area contributed by atoms with Crippen LogP contribution in [0.5, 0.6) is 5.75 Å². The number of ether oxygens (including phenoxy) is 1. The van der Waals surface area contributed by atoms with Crippen LogP contribution >= 0.6 is 0 Å². The molecule has 4 nitrogen and oxygen atoms in total. The molecular weight excluding hydrogens is 235 g/mol. The van der Waals surface area contributed by atoms with E-state index in [0.717, 1.165) is 0 Å². The molecule has 0 bridgehead atoms. The number of nitrogens with zero attached hydrogens (tertiary/aromatic N) is 2. The minimum atomic E-state index is -0.553. The molecule has 0 aliphatic carbocycles. The van der Waals surface area contributed by atoms with Crippen LogP contribution in [0.1, 0.15) is 17.3 Å². The number of imidazole rings is 1. The van der Waals surface area contributed by atoms with Gasteiger partial charge in [0.2, 0.25) is 0 Å². The second-order valence-electron chi connectivity index (χ2n) is 3.85. The predicted octanol–water partition coefficient (Wildman–Crippen LogP) is 2.30. The van der Waals surface area contributed by atoms with Crippen molar-refractivity contribution >= 4 is 5.78 Å². The topological polar surface area (TPSA) is 44.1 Å². The second-order valence-corrected chi connectivity index (χ2v) is 3.85. The van der Waals surface area contributed by atoms with E-state index >= 15 is 0 Å². The first-order valence-electron chi connectivity index (χ1n) is 5.56. The fraction of sp³-hybridized carbons (Fsp3) is 0.231. The molecule has 1 aromatic heterocycles. The first-order chi connectivity index (χ1) is 8.66. The molecule has 0 saturated carbocycles. The van der Waals surface area contributed by atoms with Crippen LogP contribution in [-0.4, -0.2) is 21.9 Å². The highest BCUT2D eigenvalue weighted by atomic mass is 19.1. The molecule has 1 aromatic carbocycles. The third kappa shape index (κ3) is 2.94. The van der Waals surface area contributed by atoms with Gasteiger partial charge < -0.3 is 9.30 Å².